The van der Waals surface area contributed by atoms with Crippen molar-refractivity contribution in [2.45, 2.75) is 32.4 Å². The van der Waals surface area contributed by atoms with Crippen molar-refractivity contribution in [2.24, 2.45) is 5.92 Å². The number of aromatic nitrogens is 2. The Hall–Kier alpha value is -3.26. The molecule has 4 rings (SSSR count). The minimum Gasteiger partial charge on any atom is -0.496 e. The molecule has 1 amide bonds. The van der Waals surface area contributed by atoms with Crippen LogP contribution >= 0.6 is 0 Å². The summed E-state index contributed by atoms with van der Waals surface area (Å²) in [5.74, 6) is 0.699. The summed E-state index contributed by atoms with van der Waals surface area (Å²) in [5, 5.41) is 3.04. The van der Waals surface area contributed by atoms with Gasteiger partial charge in [0.2, 0.25) is 0 Å². The molecule has 0 radical (unpaired) electrons. The molecule has 0 aliphatic carbocycles. The first-order chi connectivity index (χ1) is 15.6. The van der Waals surface area contributed by atoms with Crippen LogP contribution in [0.4, 0.5) is 4.39 Å². The van der Waals surface area contributed by atoms with Gasteiger partial charge in [0.15, 0.2) is 11.6 Å². The molecule has 0 bridgehead atoms. The zero-order valence-corrected chi connectivity index (χ0v) is 18.3. The van der Waals surface area contributed by atoms with Gasteiger partial charge in [-0.2, -0.15) is 0 Å². The summed E-state index contributed by atoms with van der Waals surface area (Å²) in [6.45, 7) is 4.49. The van der Waals surface area contributed by atoms with Crippen LogP contribution in [0.15, 0.2) is 53.4 Å². The Balaban J connectivity index is 1.37. The summed E-state index contributed by atoms with van der Waals surface area (Å²) in [5.41, 5.74) is 0.981. The lowest BCUT2D eigenvalue weighted by molar-refractivity contribution is 0.0833. The number of piperidine rings is 1. The van der Waals surface area contributed by atoms with E-state index in [0.29, 0.717) is 11.6 Å². The van der Waals surface area contributed by atoms with Crippen LogP contribution in [0.5, 0.6) is 5.75 Å². The van der Waals surface area contributed by atoms with E-state index >= 15 is 0 Å². The third kappa shape index (κ3) is 4.80. The molecule has 1 aliphatic rings. The normalized spacial score (nSPS) is 19.0. The number of methoxy groups -OCH3 is 1. The standard InChI is InChI=1S/C24H27FN4O3/c1-3-17-15-29(14-16-12-26-23(27-13-16)21-8-5-11-32-21)10-9-19(17)28-24(30)22-18(25)6-4-7-20(22)31-2/h4-8,11-13,17,19H,3,9-10,14-15H2,1-2H3,(H,28,30)/t17-,19+/m1/s1. The second-order valence-corrected chi connectivity index (χ2v) is 7.98. The van der Waals surface area contributed by atoms with Gasteiger partial charge >= 0.3 is 0 Å². The maximum Gasteiger partial charge on any atom is 0.258 e. The van der Waals surface area contributed by atoms with Crippen LogP contribution in [-0.2, 0) is 6.54 Å². The number of carbonyl (C=O) groups excluding carboxylic acids is 1. The van der Waals surface area contributed by atoms with Gasteiger partial charge in [-0.3, -0.25) is 9.69 Å². The number of nitrogens with one attached hydrogen (secondary N) is 1. The highest BCUT2D eigenvalue weighted by Crippen LogP contribution is 2.25. The number of furan rings is 1. The van der Waals surface area contributed by atoms with Crippen molar-refractivity contribution in [3.8, 4) is 17.3 Å². The molecule has 3 aromatic rings. The van der Waals surface area contributed by atoms with E-state index in [-0.39, 0.29) is 23.3 Å². The van der Waals surface area contributed by atoms with Crippen molar-refractivity contribution >= 4 is 5.91 Å². The number of nitrogens with zero attached hydrogens (tertiary/aromatic N) is 3. The van der Waals surface area contributed by atoms with Gasteiger partial charge in [-0.05, 0) is 36.6 Å². The molecule has 0 unspecified atom stereocenters. The SMILES string of the molecule is CC[C@@H]1CN(Cc2cnc(-c3ccco3)nc2)CC[C@@H]1NC(=O)c1c(F)cccc1OC. The van der Waals surface area contributed by atoms with Crippen LogP contribution in [0.1, 0.15) is 35.7 Å². The monoisotopic (exact) mass is 438 g/mol. The highest BCUT2D eigenvalue weighted by atomic mass is 19.1. The van der Waals surface area contributed by atoms with E-state index in [9.17, 15) is 9.18 Å². The van der Waals surface area contributed by atoms with Crippen molar-refractivity contribution in [2.75, 3.05) is 20.2 Å². The van der Waals surface area contributed by atoms with Gasteiger partial charge in [0.25, 0.3) is 5.91 Å². The molecule has 0 spiro atoms. The minimum absolute atomic E-state index is 0.0226. The molecule has 7 nitrogen and oxygen atoms in total. The van der Waals surface area contributed by atoms with Crippen LogP contribution in [0, 0.1) is 11.7 Å². The molecule has 3 heterocycles. The highest BCUT2D eigenvalue weighted by molar-refractivity contribution is 5.97. The zero-order chi connectivity index (χ0) is 22.5. The van der Waals surface area contributed by atoms with Crippen molar-refractivity contribution in [1.82, 2.24) is 20.2 Å². The maximum atomic E-state index is 14.3. The molecule has 1 fully saturated rings. The van der Waals surface area contributed by atoms with Crippen molar-refractivity contribution < 1.29 is 18.3 Å². The third-order valence-electron chi connectivity index (χ3n) is 5.93. The lowest BCUT2D eigenvalue weighted by Crippen LogP contribution is -2.50. The van der Waals surface area contributed by atoms with Crippen LogP contribution in [0.25, 0.3) is 11.6 Å². The third-order valence-corrected chi connectivity index (χ3v) is 5.93. The zero-order valence-electron chi connectivity index (χ0n) is 18.3. The molecule has 32 heavy (non-hydrogen) atoms. The van der Waals surface area contributed by atoms with Gasteiger partial charge in [-0.1, -0.05) is 19.4 Å². The van der Waals surface area contributed by atoms with E-state index in [2.05, 4.69) is 27.1 Å². The first kappa shape index (κ1) is 22.0. The highest BCUT2D eigenvalue weighted by Gasteiger charge is 2.31. The van der Waals surface area contributed by atoms with E-state index in [1.807, 2.05) is 24.5 Å². The van der Waals surface area contributed by atoms with E-state index in [1.165, 1.54) is 19.2 Å². The fourth-order valence-electron chi connectivity index (χ4n) is 4.22. The second-order valence-electron chi connectivity index (χ2n) is 7.98. The minimum atomic E-state index is -0.578. The Labute approximate surface area is 186 Å². The van der Waals surface area contributed by atoms with Gasteiger partial charge in [0.05, 0.1) is 13.4 Å². The van der Waals surface area contributed by atoms with Crippen molar-refractivity contribution in [3.63, 3.8) is 0 Å². The van der Waals surface area contributed by atoms with E-state index in [4.69, 9.17) is 9.15 Å². The summed E-state index contributed by atoms with van der Waals surface area (Å²) in [6, 6.07) is 8.02. The average molecular weight is 439 g/mol. The van der Waals surface area contributed by atoms with E-state index in [1.54, 1.807) is 12.3 Å². The van der Waals surface area contributed by atoms with Crippen LogP contribution in [0.2, 0.25) is 0 Å². The van der Waals surface area contributed by atoms with Crippen LogP contribution in [0.3, 0.4) is 0 Å². The summed E-state index contributed by atoms with van der Waals surface area (Å²) in [6.07, 6.45) is 6.94. The first-order valence-corrected chi connectivity index (χ1v) is 10.8. The molecule has 1 N–H and O–H groups in total. The molecule has 8 heteroatoms. The fraction of sp³-hybridized carbons (Fsp3) is 0.375. The Morgan fingerprint density at radius 3 is 2.78 bits per heavy atom. The molecule has 168 valence electrons. The number of carbonyl (C=O) groups is 1. The Morgan fingerprint density at radius 2 is 2.09 bits per heavy atom. The number of rotatable bonds is 7. The predicted octanol–water partition coefficient (Wildman–Crippen LogP) is 3.91. The number of amides is 1. The smallest absolute Gasteiger partial charge is 0.258 e. The number of likely N-dealkylation sites (tertiary alicyclic amines) is 1. The molecular weight excluding hydrogens is 411 g/mol. The van der Waals surface area contributed by atoms with Crippen LogP contribution in [-0.4, -0.2) is 47.0 Å². The van der Waals surface area contributed by atoms with Gasteiger partial charge in [-0.15, -0.1) is 0 Å². The summed E-state index contributed by atoms with van der Waals surface area (Å²) in [4.78, 5) is 24.0. The molecular formula is C24H27FN4O3. The Bertz CT molecular complexity index is 1040. The quantitative estimate of drug-likeness (QED) is 0.602. The topological polar surface area (TPSA) is 80.5 Å². The summed E-state index contributed by atoms with van der Waals surface area (Å²) >= 11 is 0. The Kier molecular flexibility index (Phi) is 6.80. The van der Waals surface area contributed by atoms with Gasteiger partial charge in [0, 0.05) is 43.6 Å². The average Bonchev–Trinajstić information content (AvgIpc) is 3.35. The largest absolute Gasteiger partial charge is 0.496 e. The first-order valence-electron chi connectivity index (χ1n) is 10.8. The Morgan fingerprint density at radius 1 is 1.28 bits per heavy atom. The number of hydrogen-bond donors (Lipinski definition) is 1. The molecule has 0 saturated carbocycles. The molecule has 2 aromatic heterocycles. The number of benzene rings is 1. The van der Waals surface area contributed by atoms with E-state index in [0.717, 1.165) is 38.0 Å². The number of ether oxygens (including phenoxy) is 1. The maximum absolute atomic E-state index is 14.3. The van der Waals surface area contributed by atoms with Crippen molar-refractivity contribution in [3.05, 3.63) is 65.9 Å². The molecule has 2 atom stereocenters. The second kappa shape index (κ2) is 9.91. The van der Waals surface area contributed by atoms with Crippen molar-refractivity contribution in [1.29, 1.82) is 0 Å². The number of halogens is 1. The lowest BCUT2D eigenvalue weighted by atomic mass is 9.89. The lowest BCUT2D eigenvalue weighted by Gasteiger charge is -2.38. The summed E-state index contributed by atoms with van der Waals surface area (Å²) < 4.78 is 24.8. The molecule has 1 saturated heterocycles. The fourth-order valence-corrected chi connectivity index (χ4v) is 4.22. The number of hydrogen-bond acceptors (Lipinski definition) is 6. The molecule has 1 aromatic carbocycles. The van der Waals surface area contributed by atoms with Gasteiger partial charge in [-0.25, -0.2) is 14.4 Å². The molecule has 1 aliphatic heterocycles. The summed E-state index contributed by atoms with van der Waals surface area (Å²) in [7, 11) is 1.43. The van der Waals surface area contributed by atoms with E-state index < -0.39 is 11.7 Å². The van der Waals surface area contributed by atoms with Gasteiger partial charge < -0.3 is 14.5 Å². The van der Waals surface area contributed by atoms with Crippen LogP contribution < -0.4 is 10.1 Å². The van der Waals surface area contributed by atoms with Gasteiger partial charge in [0.1, 0.15) is 17.1 Å². The predicted molar refractivity (Wildman–Crippen MR) is 118 cm³/mol.